The number of unbranched alkanes of at least 4 members (excludes halogenated alkanes) is 2. The van der Waals surface area contributed by atoms with Gasteiger partial charge in [0, 0.05) is 38.6 Å². The van der Waals surface area contributed by atoms with Crippen molar-refractivity contribution < 1.29 is 27.5 Å². The van der Waals surface area contributed by atoms with E-state index < -0.39 is 21.9 Å². The zero-order valence-corrected chi connectivity index (χ0v) is 19.6. The molecule has 178 valence electrons. The minimum absolute atomic E-state index is 0.00125. The van der Waals surface area contributed by atoms with Gasteiger partial charge in [0.2, 0.25) is 5.91 Å². The van der Waals surface area contributed by atoms with E-state index >= 15 is 0 Å². The van der Waals surface area contributed by atoms with Crippen molar-refractivity contribution in [2.24, 2.45) is 0 Å². The third-order valence-electron chi connectivity index (χ3n) is 5.23. The first-order chi connectivity index (χ1) is 14.4. The standard InChI is InChI=1S/C19H35N5O6S/c1-14-15(21-17(26)20-14)8-6-5-7-9-16(25)23-10-12-24(13-11-23)31(28,29)22-18(27)30-19(2,3)4/h14-15H,5-13H2,1-4H3,(H,22,27)(H2,20,21,26)/t14-,15+/m0/s1. The topological polar surface area (TPSA) is 137 Å². The van der Waals surface area contributed by atoms with Crippen LogP contribution in [0.2, 0.25) is 0 Å². The normalized spacial score (nSPS) is 22.6. The predicted octanol–water partition coefficient (Wildman–Crippen LogP) is 0.921. The van der Waals surface area contributed by atoms with Gasteiger partial charge in [-0.3, -0.25) is 4.79 Å². The van der Waals surface area contributed by atoms with Gasteiger partial charge in [-0.05, 0) is 40.5 Å². The summed E-state index contributed by atoms with van der Waals surface area (Å²) in [6.45, 7) is 7.72. The Kier molecular flexibility index (Phi) is 8.52. The molecule has 4 amide bonds. The molecule has 12 heteroatoms. The van der Waals surface area contributed by atoms with Crippen LogP contribution in [0.3, 0.4) is 0 Å². The lowest BCUT2D eigenvalue weighted by Crippen LogP contribution is -2.54. The van der Waals surface area contributed by atoms with Crippen molar-refractivity contribution in [2.45, 2.75) is 77.5 Å². The summed E-state index contributed by atoms with van der Waals surface area (Å²) in [6, 6.07) is 0.120. The zero-order chi connectivity index (χ0) is 23.2. The van der Waals surface area contributed by atoms with Crippen molar-refractivity contribution in [3.05, 3.63) is 0 Å². The number of ether oxygens (including phenoxy) is 1. The molecule has 2 atom stereocenters. The Labute approximate surface area is 184 Å². The molecule has 0 aromatic heterocycles. The van der Waals surface area contributed by atoms with E-state index in [9.17, 15) is 22.8 Å². The van der Waals surface area contributed by atoms with Gasteiger partial charge in [0.15, 0.2) is 0 Å². The number of nitrogens with zero attached hydrogens (tertiary/aromatic N) is 2. The van der Waals surface area contributed by atoms with Crippen LogP contribution in [0.15, 0.2) is 0 Å². The van der Waals surface area contributed by atoms with Crippen LogP contribution in [0.4, 0.5) is 9.59 Å². The molecule has 3 N–H and O–H groups in total. The molecule has 2 heterocycles. The zero-order valence-electron chi connectivity index (χ0n) is 18.8. The van der Waals surface area contributed by atoms with E-state index in [4.69, 9.17) is 4.74 Å². The van der Waals surface area contributed by atoms with Crippen molar-refractivity contribution in [2.75, 3.05) is 26.2 Å². The van der Waals surface area contributed by atoms with Crippen LogP contribution in [0, 0.1) is 0 Å². The van der Waals surface area contributed by atoms with Crippen LogP contribution in [0.5, 0.6) is 0 Å². The molecule has 2 saturated heterocycles. The maximum atomic E-state index is 12.4. The van der Waals surface area contributed by atoms with Gasteiger partial charge < -0.3 is 20.3 Å². The number of carbonyl (C=O) groups excluding carboxylic acids is 3. The monoisotopic (exact) mass is 461 g/mol. The molecule has 0 aromatic carbocycles. The van der Waals surface area contributed by atoms with E-state index in [1.165, 1.54) is 0 Å². The second-order valence-corrected chi connectivity index (χ2v) is 10.7. The van der Waals surface area contributed by atoms with Crippen molar-refractivity contribution in [3.8, 4) is 0 Å². The van der Waals surface area contributed by atoms with Crippen LogP contribution < -0.4 is 15.4 Å². The Hall–Kier alpha value is -2.08. The number of rotatable bonds is 8. The van der Waals surface area contributed by atoms with Crippen molar-refractivity contribution >= 4 is 28.2 Å². The lowest BCUT2D eigenvalue weighted by Gasteiger charge is -2.34. The molecule has 11 nitrogen and oxygen atoms in total. The molecule has 0 aromatic rings. The first-order valence-electron chi connectivity index (χ1n) is 10.7. The molecule has 0 bridgehead atoms. The smallest absolute Gasteiger partial charge is 0.422 e. The van der Waals surface area contributed by atoms with Gasteiger partial charge in [-0.2, -0.15) is 12.7 Å². The van der Waals surface area contributed by atoms with Crippen molar-refractivity contribution in [3.63, 3.8) is 0 Å². The fourth-order valence-corrected chi connectivity index (χ4v) is 4.61. The first-order valence-corrected chi connectivity index (χ1v) is 12.2. The summed E-state index contributed by atoms with van der Waals surface area (Å²) in [5, 5.41) is 5.70. The van der Waals surface area contributed by atoms with Gasteiger partial charge >= 0.3 is 22.3 Å². The number of carbonyl (C=O) groups is 3. The SMILES string of the molecule is C[C@@H]1NC(=O)N[C@@H]1CCCCCC(=O)N1CCN(S(=O)(=O)NC(=O)OC(C)(C)C)CC1. The second kappa shape index (κ2) is 10.5. The highest BCUT2D eigenvalue weighted by Crippen LogP contribution is 2.14. The Bertz CT molecular complexity index is 758. The largest absolute Gasteiger partial charge is 0.443 e. The number of nitrogens with one attached hydrogen (secondary N) is 3. The molecule has 2 aliphatic heterocycles. The average molecular weight is 462 g/mol. The molecular formula is C19H35N5O6S. The summed E-state index contributed by atoms with van der Waals surface area (Å²) in [7, 11) is -4.01. The van der Waals surface area contributed by atoms with E-state index in [-0.39, 0.29) is 50.2 Å². The van der Waals surface area contributed by atoms with Gasteiger partial charge in [0.25, 0.3) is 0 Å². The maximum Gasteiger partial charge on any atom is 0.422 e. The maximum absolute atomic E-state index is 12.4. The van der Waals surface area contributed by atoms with E-state index in [2.05, 4.69) is 10.6 Å². The van der Waals surface area contributed by atoms with Gasteiger partial charge in [-0.25, -0.2) is 14.3 Å². The molecule has 0 aliphatic carbocycles. The van der Waals surface area contributed by atoms with E-state index in [1.54, 1.807) is 25.7 Å². The van der Waals surface area contributed by atoms with E-state index in [0.29, 0.717) is 6.42 Å². The Morgan fingerprint density at radius 1 is 1.10 bits per heavy atom. The van der Waals surface area contributed by atoms with Crippen molar-refractivity contribution in [1.29, 1.82) is 0 Å². The predicted molar refractivity (Wildman–Crippen MR) is 114 cm³/mol. The molecule has 2 fully saturated rings. The van der Waals surface area contributed by atoms with Gasteiger partial charge in [-0.1, -0.05) is 12.8 Å². The number of hydrogen-bond acceptors (Lipinski definition) is 6. The lowest BCUT2D eigenvalue weighted by atomic mass is 10.0. The first kappa shape index (κ1) is 25.2. The fraction of sp³-hybridized carbons (Fsp3) is 0.842. The van der Waals surface area contributed by atoms with E-state index in [0.717, 1.165) is 30.0 Å². The van der Waals surface area contributed by atoms with Crippen molar-refractivity contribution in [1.82, 2.24) is 24.6 Å². The molecule has 0 unspecified atom stereocenters. The van der Waals surface area contributed by atoms with Crippen LogP contribution in [-0.2, 0) is 19.7 Å². The van der Waals surface area contributed by atoms with Gasteiger partial charge in [0.1, 0.15) is 5.60 Å². The molecular weight excluding hydrogens is 426 g/mol. The minimum atomic E-state index is -4.01. The molecule has 0 saturated carbocycles. The van der Waals surface area contributed by atoms with E-state index in [1.807, 2.05) is 11.6 Å². The van der Waals surface area contributed by atoms with Crippen LogP contribution in [-0.4, -0.2) is 79.5 Å². The summed E-state index contributed by atoms with van der Waals surface area (Å²) in [5.41, 5.74) is -0.801. The summed E-state index contributed by atoms with van der Waals surface area (Å²) in [6.07, 6.45) is 2.82. The quantitative estimate of drug-likeness (QED) is 0.460. The third-order valence-corrected chi connectivity index (χ3v) is 6.70. The number of urea groups is 1. The summed E-state index contributed by atoms with van der Waals surface area (Å²) in [4.78, 5) is 37.1. The highest BCUT2D eigenvalue weighted by atomic mass is 32.2. The number of hydrogen-bond donors (Lipinski definition) is 3. The van der Waals surface area contributed by atoms with Gasteiger partial charge in [-0.15, -0.1) is 0 Å². The summed E-state index contributed by atoms with van der Waals surface area (Å²) >= 11 is 0. The number of amides is 4. The Morgan fingerprint density at radius 2 is 1.74 bits per heavy atom. The van der Waals surface area contributed by atoms with Crippen LogP contribution in [0.1, 0.15) is 59.8 Å². The lowest BCUT2D eigenvalue weighted by molar-refractivity contribution is -0.132. The van der Waals surface area contributed by atoms with Gasteiger partial charge in [0.05, 0.1) is 6.04 Å². The van der Waals surface area contributed by atoms with Crippen LogP contribution >= 0.6 is 0 Å². The highest BCUT2D eigenvalue weighted by molar-refractivity contribution is 7.87. The molecule has 0 radical (unpaired) electrons. The highest BCUT2D eigenvalue weighted by Gasteiger charge is 2.31. The average Bonchev–Trinajstić information content (AvgIpc) is 2.96. The summed E-state index contributed by atoms with van der Waals surface area (Å²) in [5.74, 6) is 0.00125. The molecule has 2 aliphatic rings. The molecule has 0 spiro atoms. The minimum Gasteiger partial charge on any atom is -0.443 e. The number of piperazine rings is 1. The Balaban J connectivity index is 1.65. The third kappa shape index (κ3) is 8.17. The Morgan fingerprint density at radius 3 is 2.29 bits per heavy atom. The van der Waals surface area contributed by atoms with Crippen LogP contribution in [0.25, 0.3) is 0 Å². The summed E-state index contributed by atoms with van der Waals surface area (Å²) < 4.78 is 32.7. The molecule has 2 rings (SSSR count). The molecule has 31 heavy (non-hydrogen) atoms. The fourth-order valence-electron chi connectivity index (χ4n) is 3.59. The second-order valence-electron chi connectivity index (χ2n) is 9.00.